The van der Waals surface area contributed by atoms with Crippen LogP contribution in [0.5, 0.6) is 0 Å². The van der Waals surface area contributed by atoms with E-state index in [-0.39, 0.29) is 15.0 Å². The van der Waals surface area contributed by atoms with Gasteiger partial charge in [0.25, 0.3) is 11.0 Å². The van der Waals surface area contributed by atoms with Crippen molar-refractivity contribution >= 4 is 11.9 Å². The van der Waals surface area contributed by atoms with E-state index in [1.165, 1.54) is 0 Å². The summed E-state index contributed by atoms with van der Waals surface area (Å²) in [6.45, 7) is -3.29. The monoisotopic (exact) mass is 454 g/mol. The van der Waals surface area contributed by atoms with Crippen LogP contribution in [0.2, 0.25) is 0 Å². The molecule has 1 rings (SSSR count). The zero-order valence-corrected chi connectivity index (χ0v) is 16.2. The molecular weight excluding hydrogens is 436 g/mol. The third-order valence-electron chi connectivity index (χ3n) is 3.97. The van der Waals surface area contributed by atoms with Gasteiger partial charge in [-0.3, -0.25) is 14.4 Å². The minimum Gasteiger partial charge on any atom is -0.450 e. The molecule has 31 heavy (non-hydrogen) atoms. The van der Waals surface area contributed by atoms with Gasteiger partial charge in [0.15, 0.2) is 27.4 Å². The smallest absolute Gasteiger partial charge is 0.303 e. The summed E-state index contributed by atoms with van der Waals surface area (Å²) in [6, 6.07) is 0. The molecule has 0 aromatic heterocycles. The minimum absolute atomic E-state index is 0.0356. The van der Waals surface area contributed by atoms with Crippen LogP contribution in [0, 0.1) is 40.5 Å². The third kappa shape index (κ3) is 6.73. The Labute approximate surface area is 171 Å². The lowest BCUT2D eigenvalue weighted by Gasteiger charge is -2.43. The van der Waals surface area contributed by atoms with E-state index in [1.807, 2.05) is 0 Å². The lowest BCUT2D eigenvalue weighted by Crippen LogP contribution is -2.73. The number of hydrazine groups is 3. The first kappa shape index (κ1) is 24.9. The highest BCUT2D eigenvalue weighted by Gasteiger charge is 2.57. The Morgan fingerprint density at radius 1 is 0.968 bits per heavy atom. The molecule has 0 atom stereocenters. The van der Waals surface area contributed by atoms with Gasteiger partial charge < -0.3 is 4.74 Å². The summed E-state index contributed by atoms with van der Waals surface area (Å²) in [7, 11) is 0. The lowest BCUT2D eigenvalue weighted by molar-refractivity contribution is -0.763. The van der Waals surface area contributed by atoms with Crippen LogP contribution in [0.4, 0.5) is 0 Å². The maximum absolute atomic E-state index is 12.0. The molecule has 1 amide bonds. The number of carbonyl (C=O) groups is 2. The number of carbonyl (C=O) groups excluding carboxylic acids is 2. The summed E-state index contributed by atoms with van der Waals surface area (Å²) in [5.41, 5.74) is -2.27. The predicted octanol–water partition coefficient (Wildman–Crippen LogP) is -2.29. The first-order valence-electron chi connectivity index (χ1n) is 8.15. The van der Waals surface area contributed by atoms with Gasteiger partial charge >= 0.3 is 5.97 Å². The van der Waals surface area contributed by atoms with E-state index in [4.69, 9.17) is 0 Å². The topological polar surface area (TPSA) is 238 Å². The van der Waals surface area contributed by atoms with Crippen molar-refractivity contribution in [3.05, 3.63) is 40.5 Å². The van der Waals surface area contributed by atoms with Gasteiger partial charge in [-0.1, -0.05) is 0 Å². The van der Waals surface area contributed by atoms with Gasteiger partial charge in [-0.25, -0.2) is 35.2 Å². The molecule has 0 saturated carbocycles. The van der Waals surface area contributed by atoms with Crippen molar-refractivity contribution in [2.75, 3.05) is 39.8 Å². The quantitative estimate of drug-likeness (QED) is 0.138. The van der Waals surface area contributed by atoms with Gasteiger partial charge in [-0.2, -0.15) is 0 Å². The second kappa shape index (κ2) is 10.1. The van der Waals surface area contributed by atoms with Crippen molar-refractivity contribution in [3.8, 4) is 0 Å². The van der Waals surface area contributed by atoms with Crippen molar-refractivity contribution in [3.63, 3.8) is 0 Å². The number of hydrogen-bond donors (Lipinski definition) is 0. The van der Waals surface area contributed by atoms with Crippen LogP contribution in [0.15, 0.2) is 0 Å². The van der Waals surface area contributed by atoms with Crippen LogP contribution in [0.3, 0.4) is 0 Å². The summed E-state index contributed by atoms with van der Waals surface area (Å²) in [6.07, 6.45) is 0. The number of nitrogens with zero attached hydrogens (tertiary/aromatic N) is 8. The van der Waals surface area contributed by atoms with Crippen LogP contribution in [-0.2, 0) is 19.2 Å². The SMILES string of the molecule is CC(=O)OCN(CO[N+](=O)[O-])CC1(N(C(C)=O)[N+](=O)[O-])CN([N+](=O)[O-])CN([N+](=O)[O-])C1. The van der Waals surface area contributed by atoms with E-state index in [0.717, 1.165) is 18.7 Å². The molecule has 0 unspecified atom stereocenters. The molecule has 0 aromatic carbocycles. The minimum atomic E-state index is -2.27. The summed E-state index contributed by atoms with van der Waals surface area (Å²) >= 11 is 0. The maximum atomic E-state index is 12.0. The van der Waals surface area contributed by atoms with Crippen LogP contribution in [-0.4, -0.2) is 97.3 Å². The van der Waals surface area contributed by atoms with Gasteiger partial charge in [-0.15, -0.1) is 20.1 Å². The summed E-state index contributed by atoms with van der Waals surface area (Å²) in [5.74, 6) is -2.07. The molecule has 20 nitrogen and oxygen atoms in total. The van der Waals surface area contributed by atoms with E-state index < -0.39 is 77.4 Å². The van der Waals surface area contributed by atoms with Crippen molar-refractivity contribution in [2.45, 2.75) is 19.4 Å². The number of rotatable bonds is 11. The van der Waals surface area contributed by atoms with Gasteiger partial charge in [0.2, 0.25) is 6.67 Å². The summed E-state index contributed by atoms with van der Waals surface area (Å²) in [5, 5.41) is 40.7. The average Bonchev–Trinajstić information content (AvgIpc) is 2.62. The number of amides is 1. The second-order valence-electron chi connectivity index (χ2n) is 6.31. The molecule has 1 fully saturated rings. The molecule has 1 aliphatic rings. The van der Waals surface area contributed by atoms with Crippen LogP contribution >= 0.6 is 0 Å². The van der Waals surface area contributed by atoms with E-state index in [2.05, 4.69) is 9.57 Å². The Morgan fingerprint density at radius 3 is 1.84 bits per heavy atom. The van der Waals surface area contributed by atoms with Crippen LogP contribution in [0.1, 0.15) is 13.8 Å². The van der Waals surface area contributed by atoms with Gasteiger partial charge in [0.1, 0.15) is 19.8 Å². The molecule has 20 heteroatoms. The van der Waals surface area contributed by atoms with Gasteiger partial charge in [0.05, 0.1) is 0 Å². The molecule has 0 aliphatic carbocycles. The van der Waals surface area contributed by atoms with Crippen molar-refractivity contribution < 1.29 is 39.3 Å². The van der Waals surface area contributed by atoms with E-state index in [0.29, 0.717) is 0 Å². The maximum Gasteiger partial charge on any atom is 0.303 e. The summed E-state index contributed by atoms with van der Waals surface area (Å²) in [4.78, 5) is 72.8. The summed E-state index contributed by atoms with van der Waals surface area (Å²) < 4.78 is 4.69. The lowest BCUT2D eigenvalue weighted by atomic mass is 9.95. The van der Waals surface area contributed by atoms with E-state index >= 15 is 0 Å². The van der Waals surface area contributed by atoms with Gasteiger partial charge in [-0.05, 0) is 5.01 Å². The third-order valence-corrected chi connectivity index (χ3v) is 3.97. The molecule has 0 bridgehead atoms. The number of ether oxygens (including phenoxy) is 1. The predicted molar refractivity (Wildman–Crippen MR) is 90.8 cm³/mol. The zero-order valence-electron chi connectivity index (χ0n) is 16.2. The highest BCUT2D eigenvalue weighted by molar-refractivity contribution is 5.73. The molecule has 0 radical (unpaired) electrons. The number of nitro groups is 3. The van der Waals surface area contributed by atoms with Gasteiger partial charge in [0, 0.05) is 20.4 Å². The van der Waals surface area contributed by atoms with Crippen molar-refractivity contribution in [1.82, 2.24) is 19.9 Å². The molecule has 174 valence electrons. The molecule has 0 N–H and O–H groups in total. The first-order valence-corrected chi connectivity index (χ1v) is 8.15. The standard InChI is InChI=1S/C11H18N8O12/c1-9(20)15(18(26)27)11(3-12(7-30-10(2)21)8-31-19(28)29)4-13(16(22)23)6-14(5-11)17(24)25/h3-8H2,1-2H3. The molecule has 1 heterocycles. The van der Waals surface area contributed by atoms with Crippen molar-refractivity contribution in [2.24, 2.45) is 0 Å². The van der Waals surface area contributed by atoms with E-state index in [1.54, 1.807) is 0 Å². The fraction of sp³-hybridized carbons (Fsp3) is 0.818. The molecule has 0 aromatic rings. The van der Waals surface area contributed by atoms with Crippen LogP contribution in [0.25, 0.3) is 0 Å². The first-order chi connectivity index (χ1) is 14.3. The van der Waals surface area contributed by atoms with E-state index in [9.17, 15) is 50.0 Å². The molecule has 1 aliphatic heterocycles. The molecule has 1 saturated heterocycles. The fourth-order valence-electron chi connectivity index (χ4n) is 3.02. The Bertz CT molecular complexity index is 707. The number of hydrogen-bond acceptors (Lipinski definition) is 13. The Morgan fingerprint density at radius 2 is 1.48 bits per heavy atom. The molecular formula is C11H18N8O12. The van der Waals surface area contributed by atoms with Crippen LogP contribution < -0.4 is 0 Å². The number of esters is 1. The highest BCUT2D eigenvalue weighted by Crippen LogP contribution is 2.26. The Kier molecular flexibility index (Phi) is 8.11. The zero-order chi connectivity index (χ0) is 23.9. The molecule has 0 spiro atoms. The Balaban J connectivity index is 3.47. The largest absolute Gasteiger partial charge is 0.450 e. The van der Waals surface area contributed by atoms with Crippen molar-refractivity contribution in [1.29, 1.82) is 0 Å². The average molecular weight is 454 g/mol. The highest BCUT2D eigenvalue weighted by atomic mass is 17.0. The fourth-order valence-corrected chi connectivity index (χ4v) is 3.02. The second-order valence-corrected chi connectivity index (χ2v) is 6.31. The normalized spacial score (nSPS) is 15.2. The Hall–Kier alpha value is -4.10.